The maximum absolute atomic E-state index is 11.4. The molecule has 0 bridgehead atoms. The van der Waals surface area contributed by atoms with E-state index in [1.807, 2.05) is 6.92 Å². The highest BCUT2D eigenvalue weighted by Gasteiger charge is 2.46. The second kappa shape index (κ2) is 3.87. The van der Waals surface area contributed by atoms with Crippen molar-refractivity contribution in [3.05, 3.63) is 0 Å². The summed E-state index contributed by atoms with van der Waals surface area (Å²) in [6.07, 6.45) is 0.593. The van der Waals surface area contributed by atoms with Gasteiger partial charge in [0.05, 0.1) is 18.6 Å². The molecule has 1 rings (SSSR count). The first kappa shape index (κ1) is 12.7. The molecule has 0 aliphatic carbocycles. The van der Waals surface area contributed by atoms with E-state index in [1.54, 1.807) is 0 Å². The van der Waals surface area contributed by atoms with Crippen molar-refractivity contribution in [1.82, 2.24) is 0 Å². The van der Waals surface area contributed by atoms with Gasteiger partial charge in [-0.1, -0.05) is 6.92 Å². The number of Topliss-reactive ketones (excluding diaryl/α,β-unsaturated/α-hetero) is 1. The van der Waals surface area contributed by atoms with Gasteiger partial charge in [0.1, 0.15) is 5.60 Å². The summed E-state index contributed by atoms with van der Waals surface area (Å²) in [7, 11) is 0. The third-order valence-electron chi connectivity index (χ3n) is 3.85. The Bertz CT molecular complexity index is 257. The zero-order valence-corrected chi connectivity index (χ0v) is 10.6. The van der Waals surface area contributed by atoms with Gasteiger partial charge in [0.25, 0.3) is 0 Å². The number of likely N-dealkylation sites (tertiary alicyclic amines) is 1. The number of quaternary nitrogens is 1. The first-order valence-corrected chi connectivity index (χ1v) is 5.76. The molecule has 1 saturated heterocycles. The molecule has 0 aromatic heterocycles. The van der Waals surface area contributed by atoms with Crippen LogP contribution in [-0.2, 0) is 4.79 Å². The quantitative estimate of drug-likeness (QED) is 0.646. The fourth-order valence-electron chi connectivity index (χ4n) is 2.43. The molecular formula is C12H24NO2+. The Morgan fingerprint density at radius 1 is 1.47 bits per heavy atom. The van der Waals surface area contributed by atoms with E-state index < -0.39 is 5.60 Å². The Morgan fingerprint density at radius 2 is 2.00 bits per heavy atom. The molecule has 1 heterocycles. The van der Waals surface area contributed by atoms with Gasteiger partial charge < -0.3 is 10.0 Å². The zero-order chi connectivity index (χ0) is 11.9. The van der Waals surface area contributed by atoms with Gasteiger partial charge >= 0.3 is 0 Å². The van der Waals surface area contributed by atoms with Crippen LogP contribution >= 0.6 is 0 Å². The summed E-state index contributed by atoms with van der Waals surface area (Å²) in [5, 5.41) is 10.2. The van der Waals surface area contributed by atoms with E-state index in [0.29, 0.717) is 6.42 Å². The molecule has 0 aromatic rings. The van der Waals surface area contributed by atoms with Crippen molar-refractivity contribution in [2.45, 2.75) is 52.2 Å². The molecule has 1 fully saturated rings. The standard InChI is InChI=1S/C12H23NO2/c1-9-8-13(11(3,4)5)7-6-12(9,15)10(2)14/h9,15H,6-8H2,1-5H3/p+1/t9-,12-/m1/s1. The topological polar surface area (TPSA) is 41.7 Å². The number of aliphatic hydroxyl groups is 1. The van der Waals surface area contributed by atoms with Gasteiger partial charge in [-0.25, -0.2) is 0 Å². The highest BCUT2D eigenvalue weighted by atomic mass is 16.3. The lowest BCUT2D eigenvalue weighted by atomic mass is 9.78. The van der Waals surface area contributed by atoms with Crippen molar-refractivity contribution < 1.29 is 14.8 Å². The van der Waals surface area contributed by atoms with E-state index in [0.717, 1.165) is 13.1 Å². The van der Waals surface area contributed by atoms with Crippen LogP contribution in [0.5, 0.6) is 0 Å². The van der Waals surface area contributed by atoms with Crippen LogP contribution in [0.25, 0.3) is 0 Å². The fraction of sp³-hybridized carbons (Fsp3) is 0.917. The van der Waals surface area contributed by atoms with Crippen LogP contribution in [0.2, 0.25) is 0 Å². The summed E-state index contributed by atoms with van der Waals surface area (Å²) < 4.78 is 0. The average molecular weight is 214 g/mol. The van der Waals surface area contributed by atoms with Gasteiger partial charge in [-0.3, -0.25) is 4.79 Å². The summed E-state index contributed by atoms with van der Waals surface area (Å²) in [6.45, 7) is 11.8. The summed E-state index contributed by atoms with van der Waals surface area (Å²) in [5.41, 5.74) is -0.874. The van der Waals surface area contributed by atoms with E-state index in [-0.39, 0.29) is 17.2 Å². The van der Waals surface area contributed by atoms with Crippen LogP contribution in [0.15, 0.2) is 0 Å². The van der Waals surface area contributed by atoms with E-state index in [4.69, 9.17) is 0 Å². The van der Waals surface area contributed by atoms with Crippen molar-refractivity contribution in [3.8, 4) is 0 Å². The Kier molecular flexibility index (Phi) is 3.27. The summed E-state index contributed by atoms with van der Waals surface area (Å²) >= 11 is 0. The predicted molar refractivity (Wildman–Crippen MR) is 59.9 cm³/mol. The SMILES string of the molecule is CC(=O)[C@@]1(O)CC[NH+](C(C)(C)C)C[C@H]1C. The predicted octanol–water partition coefficient (Wildman–Crippen LogP) is 0.0297. The number of rotatable bonds is 1. The Morgan fingerprint density at radius 3 is 2.33 bits per heavy atom. The number of carbonyl (C=O) groups excluding carboxylic acids is 1. The molecule has 1 aliphatic heterocycles. The van der Waals surface area contributed by atoms with E-state index in [2.05, 4.69) is 20.8 Å². The highest BCUT2D eigenvalue weighted by Crippen LogP contribution is 2.24. The van der Waals surface area contributed by atoms with Crippen molar-refractivity contribution in [3.63, 3.8) is 0 Å². The lowest BCUT2D eigenvalue weighted by Gasteiger charge is -2.44. The van der Waals surface area contributed by atoms with E-state index >= 15 is 0 Å². The van der Waals surface area contributed by atoms with Gasteiger partial charge in [-0.2, -0.15) is 0 Å². The normalized spacial score (nSPS) is 37.7. The number of piperidine rings is 1. The van der Waals surface area contributed by atoms with Crippen molar-refractivity contribution in [1.29, 1.82) is 0 Å². The largest absolute Gasteiger partial charge is 0.381 e. The van der Waals surface area contributed by atoms with Gasteiger partial charge in [0.15, 0.2) is 5.78 Å². The third kappa shape index (κ3) is 2.40. The zero-order valence-electron chi connectivity index (χ0n) is 10.6. The van der Waals surface area contributed by atoms with Crippen molar-refractivity contribution >= 4 is 5.78 Å². The summed E-state index contributed by atoms with van der Waals surface area (Å²) in [6, 6.07) is 0. The molecule has 0 saturated carbocycles. The Labute approximate surface area is 92.5 Å². The number of hydrogen-bond acceptors (Lipinski definition) is 2. The summed E-state index contributed by atoms with van der Waals surface area (Å²) in [5.74, 6) is -0.0269. The lowest BCUT2D eigenvalue weighted by molar-refractivity contribution is -0.956. The highest BCUT2D eigenvalue weighted by molar-refractivity contribution is 5.85. The minimum absolute atomic E-state index is 0.0537. The smallest absolute Gasteiger partial charge is 0.162 e. The molecule has 0 radical (unpaired) electrons. The van der Waals surface area contributed by atoms with E-state index in [9.17, 15) is 9.90 Å². The average Bonchev–Trinajstić information content (AvgIpc) is 2.07. The fourth-order valence-corrected chi connectivity index (χ4v) is 2.43. The van der Waals surface area contributed by atoms with Crippen LogP contribution in [0, 0.1) is 5.92 Å². The van der Waals surface area contributed by atoms with Crippen LogP contribution in [0.3, 0.4) is 0 Å². The second-order valence-corrected chi connectivity index (χ2v) is 5.94. The van der Waals surface area contributed by atoms with Crippen molar-refractivity contribution in [2.75, 3.05) is 13.1 Å². The number of ketones is 1. The molecule has 3 atom stereocenters. The molecule has 2 N–H and O–H groups in total. The molecule has 0 amide bonds. The Balaban J connectivity index is 2.75. The molecule has 88 valence electrons. The van der Waals surface area contributed by atoms with Crippen LogP contribution in [0.1, 0.15) is 41.0 Å². The molecule has 1 unspecified atom stereocenters. The molecular weight excluding hydrogens is 190 g/mol. The first-order chi connectivity index (χ1) is 6.68. The minimum atomic E-state index is -1.07. The van der Waals surface area contributed by atoms with Gasteiger partial charge in [-0.05, 0) is 27.7 Å². The third-order valence-corrected chi connectivity index (χ3v) is 3.85. The Hall–Kier alpha value is -0.410. The van der Waals surface area contributed by atoms with Crippen LogP contribution < -0.4 is 4.90 Å². The van der Waals surface area contributed by atoms with Crippen LogP contribution in [0.4, 0.5) is 0 Å². The second-order valence-electron chi connectivity index (χ2n) is 5.94. The lowest BCUT2D eigenvalue weighted by Crippen LogP contribution is -3.21. The number of carbonyl (C=O) groups is 1. The van der Waals surface area contributed by atoms with E-state index in [1.165, 1.54) is 11.8 Å². The van der Waals surface area contributed by atoms with Gasteiger partial charge in [0.2, 0.25) is 0 Å². The molecule has 3 heteroatoms. The number of hydrogen-bond donors (Lipinski definition) is 2. The molecule has 3 nitrogen and oxygen atoms in total. The first-order valence-electron chi connectivity index (χ1n) is 5.76. The van der Waals surface area contributed by atoms with Crippen LogP contribution in [-0.4, -0.2) is 35.1 Å². The molecule has 0 spiro atoms. The minimum Gasteiger partial charge on any atom is -0.381 e. The number of nitrogens with one attached hydrogen (secondary N) is 1. The molecule has 15 heavy (non-hydrogen) atoms. The maximum Gasteiger partial charge on any atom is 0.162 e. The van der Waals surface area contributed by atoms with Gasteiger partial charge in [-0.15, -0.1) is 0 Å². The maximum atomic E-state index is 11.4. The molecule has 1 aliphatic rings. The van der Waals surface area contributed by atoms with Gasteiger partial charge in [0, 0.05) is 12.3 Å². The molecule has 0 aromatic carbocycles. The van der Waals surface area contributed by atoms with Crippen molar-refractivity contribution in [2.24, 2.45) is 5.92 Å². The monoisotopic (exact) mass is 214 g/mol. The summed E-state index contributed by atoms with van der Waals surface area (Å²) in [4.78, 5) is 12.9.